The van der Waals surface area contributed by atoms with E-state index in [9.17, 15) is 58.5 Å². The van der Waals surface area contributed by atoms with Crippen molar-refractivity contribution in [3.05, 3.63) is 35.9 Å². The van der Waals surface area contributed by atoms with Crippen molar-refractivity contribution in [2.75, 3.05) is 26.3 Å². The number of carbonyl (C=O) groups is 9. The Balaban J connectivity index is 2.97. The molecule has 0 saturated carbocycles. The average Bonchev–Trinajstić information content (AvgIpc) is 3.14. The van der Waals surface area contributed by atoms with E-state index < -0.39 is 122 Å². The molecule has 55 heavy (non-hydrogen) atoms. The maximum atomic E-state index is 13.5. The molecule has 7 amide bonds. The summed E-state index contributed by atoms with van der Waals surface area (Å²) in [5, 5.41) is 52.8. The summed E-state index contributed by atoms with van der Waals surface area (Å²) in [4.78, 5) is 112. The van der Waals surface area contributed by atoms with Crippen molar-refractivity contribution in [1.29, 1.82) is 0 Å². The Morgan fingerprint density at radius 1 is 0.636 bits per heavy atom. The lowest BCUT2D eigenvalue weighted by molar-refractivity contribution is -0.143. The van der Waals surface area contributed by atoms with Gasteiger partial charge in [-0.1, -0.05) is 30.3 Å². The molecule has 15 N–H and O–H groups in total. The number of carboxylic acid groups (broad SMARTS) is 2. The molecular weight excluding hydrogens is 730 g/mol. The summed E-state index contributed by atoms with van der Waals surface area (Å²) in [5.41, 5.74) is 11.6. The smallest absolute Gasteiger partial charge is 0.328 e. The number of carbonyl (C=O) groups excluding carboxylic acids is 7. The Labute approximate surface area is 315 Å². The van der Waals surface area contributed by atoms with Gasteiger partial charge >= 0.3 is 11.9 Å². The van der Waals surface area contributed by atoms with Gasteiger partial charge in [0, 0.05) is 6.42 Å². The summed E-state index contributed by atoms with van der Waals surface area (Å²) >= 11 is 0. The molecule has 0 aliphatic rings. The molecule has 1 aromatic carbocycles. The van der Waals surface area contributed by atoms with Crippen molar-refractivity contribution >= 4 is 53.3 Å². The molecule has 7 unspecified atom stereocenters. The minimum absolute atomic E-state index is 0.0484. The molecule has 22 nitrogen and oxygen atoms in total. The summed E-state index contributed by atoms with van der Waals surface area (Å²) in [6.45, 7) is 0.348. The van der Waals surface area contributed by atoms with Crippen molar-refractivity contribution in [3.8, 4) is 0 Å². The first-order chi connectivity index (χ1) is 25.9. The minimum atomic E-state index is -1.69. The number of nitrogens with one attached hydrogen (secondary N) is 7. The zero-order valence-corrected chi connectivity index (χ0v) is 30.4. The number of carboxylic acids is 2. The van der Waals surface area contributed by atoms with Crippen molar-refractivity contribution in [2.24, 2.45) is 11.5 Å². The summed E-state index contributed by atoms with van der Waals surface area (Å²) in [6, 6.07) is -1.43. The Kier molecular flexibility index (Phi) is 21.1. The van der Waals surface area contributed by atoms with Gasteiger partial charge in [-0.05, 0) is 45.2 Å². The summed E-state index contributed by atoms with van der Waals surface area (Å²) in [5.74, 6) is -9.44. The van der Waals surface area contributed by atoms with E-state index in [1.54, 1.807) is 30.3 Å². The third-order valence-electron chi connectivity index (χ3n) is 7.78. The van der Waals surface area contributed by atoms with Gasteiger partial charge in [0.15, 0.2) is 0 Å². The number of aliphatic carboxylic acids is 2. The van der Waals surface area contributed by atoms with Crippen LogP contribution < -0.4 is 48.7 Å². The number of aliphatic hydroxyl groups excluding tert-OH is 2. The lowest BCUT2D eigenvalue weighted by atomic mass is 10.0. The summed E-state index contributed by atoms with van der Waals surface area (Å²) in [7, 11) is 0. The monoisotopic (exact) mass is 781 g/mol. The zero-order chi connectivity index (χ0) is 41.7. The van der Waals surface area contributed by atoms with E-state index in [4.69, 9.17) is 16.6 Å². The molecule has 0 radical (unpaired) electrons. The molecule has 0 saturated heterocycles. The normalized spacial score (nSPS) is 14.6. The van der Waals surface area contributed by atoms with Gasteiger partial charge in [0.2, 0.25) is 41.4 Å². The van der Waals surface area contributed by atoms with Gasteiger partial charge in [-0.3, -0.25) is 38.4 Å². The second-order valence-corrected chi connectivity index (χ2v) is 12.4. The molecule has 306 valence electrons. The van der Waals surface area contributed by atoms with Crippen LogP contribution in [0, 0.1) is 0 Å². The minimum Gasteiger partial charge on any atom is -0.481 e. The second-order valence-electron chi connectivity index (χ2n) is 12.4. The number of aliphatic hydroxyl groups is 2. The second kappa shape index (κ2) is 24.6. The van der Waals surface area contributed by atoms with Gasteiger partial charge in [0.25, 0.3) is 0 Å². The summed E-state index contributed by atoms with van der Waals surface area (Å²) in [6.07, 6.45) is -0.113. The van der Waals surface area contributed by atoms with Crippen LogP contribution in [-0.2, 0) is 49.6 Å². The predicted molar refractivity (Wildman–Crippen MR) is 191 cm³/mol. The fourth-order valence-corrected chi connectivity index (χ4v) is 4.65. The van der Waals surface area contributed by atoms with Crippen molar-refractivity contribution < 1.29 is 63.6 Å². The van der Waals surface area contributed by atoms with E-state index in [0.29, 0.717) is 18.4 Å². The van der Waals surface area contributed by atoms with E-state index in [-0.39, 0.29) is 19.4 Å². The fourth-order valence-electron chi connectivity index (χ4n) is 4.65. The van der Waals surface area contributed by atoms with E-state index in [2.05, 4.69) is 37.2 Å². The Morgan fingerprint density at radius 3 is 1.73 bits per heavy atom. The summed E-state index contributed by atoms with van der Waals surface area (Å²) < 4.78 is 0. The molecule has 0 heterocycles. The van der Waals surface area contributed by atoms with Gasteiger partial charge in [0.1, 0.15) is 42.3 Å². The molecule has 0 spiro atoms. The molecule has 0 fully saturated rings. The third kappa shape index (κ3) is 17.8. The van der Waals surface area contributed by atoms with Crippen molar-refractivity contribution in [1.82, 2.24) is 37.2 Å². The van der Waals surface area contributed by atoms with Crippen LogP contribution in [0.25, 0.3) is 0 Å². The first-order valence-electron chi connectivity index (χ1n) is 17.2. The largest absolute Gasteiger partial charge is 0.481 e. The van der Waals surface area contributed by atoms with Gasteiger partial charge in [0.05, 0.1) is 26.2 Å². The van der Waals surface area contributed by atoms with Gasteiger partial charge in [-0.15, -0.1) is 0 Å². The number of benzene rings is 1. The number of hydrogen-bond donors (Lipinski definition) is 13. The SMILES string of the molecule is CC(NC(=O)CNC(=O)C(CC(=O)O)NC(=O)C(C)NC(=O)C(N)CO)C(=O)NC(CCCCN)C(=O)NC(Cc1ccccc1)C(=O)NC(CO)C(=O)O. The molecule has 7 atom stereocenters. The number of hydrogen-bond acceptors (Lipinski definition) is 13. The highest BCUT2D eigenvalue weighted by molar-refractivity contribution is 5.97. The van der Waals surface area contributed by atoms with Crippen molar-refractivity contribution in [2.45, 2.75) is 88.2 Å². The average molecular weight is 782 g/mol. The van der Waals surface area contributed by atoms with Crippen LogP contribution in [-0.4, -0.2) is 142 Å². The molecular formula is C33H51N9O13. The standard InChI is InChI=1S/C33H51N9O13/c1-17(37-25(45)14-36-30(51)23(13-26(46)47)40-28(49)18(2)38-29(50)20(35)15-43)27(48)39-21(10-6-7-11-34)31(52)41-22(12-19-8-4-3-5-9-19)32(53)42-24(16-44)33(54)55/h3-5,8-9,17-18,20-24,43-44H,6-7,10-16,34-35H2,1-2H3,(H,36,51)(H,37,45)(H,38,50)(H,39,48)(H,40,49)(H,41,52)(H,42,53)(H,46,47)(H,54,55). The Hall–Kier alpha value is -5.71. The molecule has 0 aliphatic heterocycles. The number of unbranched alkanes of at least 4 members (excludes halogenated alkanes) is 1. The Bertz CT molecular complexity index is 1500. The number of nitrogens with two attached hydrogens (primary N) is 2. The maximum absolute atomic E-state index is 13.5. The van der Waals surface area contributed by atoms with E-state index in [0.717, 1.165) is 0 Å². The van der Waals surface area contributed by atoms with Crippen LogP contribution in [0.15, 0.2) is 30.3 Å². The quantitative estimate of drug-likeness (QED) is 0.0411. The topological polar surface area (TPSA) is 371 Å². The molecule has 0 aliphatic carbocycles. The first kappa shape index (κ1) is 47.3. The van der Waals surface area contributed by atoms with Gasteiger partial charge in [-0.25, -0.2) is 4.79 Å². The van der Waals surface area contributed by atoms with E-state index >= 15 is 0 Å². The zero-order valence-electron chi connectivity index (χ0n) is 30.4. The molecule has 0 aromatic heterocycles. The predicted octanol–water partition coefficient (Wildman–Crippen LogP) is -5.71. The van der Waals surface area contributed by atoms with Crippen LogP contribution in [0.2, 0.25) is 0 Å². The van der Waals surface area contributed by atoms with E-state index in [1.807, 2.05) is 0 Å². The van der Waals surface area contributed by atoms with Crippen LogP contribution >= 0.6 is 0 Å². The van der Waals surface area contributed by atoms with Crippen LogP contribution in [0.3, 0.4) is 0 Å². The third-order valence-corrected chi connectivity index (χ3v) is 7.78. The highest BCUT2D eigenvalue weighted by atomic mass is 16.4. The van der Waals surface area contributed by atoms with Crippen LogP contribution in [0.1, 0.15) is 45.1 Å². The Morgan fingerprint density at radius 2 is 1.18 bits per heavy atom. The van der Waals surface area contributed by atoms with Crippen LogP contribution in [0.4, 0.5) is 0 Å². The first-order valence-corrected chi connectivity index (χ1v) is 17.2. The van der Waals surface area contributed by atoms with Crippen molar-refractivity contribution in [3.63, 3.8) is 0 Å². The molecule has 0 bridgehead atoms. The van der Waals surface area contributed by atoms with Gasteiger partial charge in [-0.2, -0.15) is 0 Å². The highest BCUT2D eigenvalue weighted by Gasteiger charge is 2.31. The number of amides is 7. The van der Waals surface area contributed by atoms with Crippen LogP contribution in [0.5, 0.6) is 0 Å². The number of rotatable bonds is 25. The lowest BCUT2D eigenvalue weighted by Crippen LogP contribution is -2.58. The molecule has 22 heteroatoms. The molecule has 1 aromatic rings. The van der Waals surface area contributed by atoms with Gasteiger partial charge < -0.3 is 69.1 Å². The molecule has 1 rings (SSSR count). The highest BCUT2D eigenvalue weighted by Crippen LogP contribution is 2.07. The fraction of sp³-hybridized carbons (Fsp3) is 0.545. The lowest BCUT2D eigenvalue weighted by Gasteiger charge is -2.25. The van der Waals surface area contributed by atoms with E-state index in [1.165, 1.54) is 13.8 Å². The maximum Gasteiger partial charge on any atom is 0.328 e.